The summed E-state index contributed by atoms with van der Waals surface area (Å²) in [5.74, 6) is 0. The van der Waals surface area contributed by atoms with E-state index in [9.17, 15) is 0 Å². The first-order valence-corrected chi connectivity index (χ1v) is 8.25. The predicted molar refractivity (Wildman–Crippen MR) is 64.0 cm³/mol. The number of hydrogen-bond donors (Lipinski definition) is 0. The lowest BCUT2D eigenvalue weighted by Crippen LogP contribution is -2.37. The van der Waals surface area contributed by atoms with Gasteiger partial charge in [0.25, 0.3) is 0 Å². The second kappa shape index (κ2) is 4.76. The maximum atomic E-state index is 5.88. The summed E-state index contributed by atoms with van der Waals surface area (Å²) in [6, 6.07) is 10.6. The van der Waals surface area contributed by atoms with E-state index in [2.05, 4.69) is 57.3 Å². The van der Waals surface area contributed by atoms with Crippen LogP contribution in [0.4, 0.5) is 0 Å². The van der Waals surface area contributed by atoms with Gasteiger partial charge in [-0.2, -0.15) is 0 Å². The first-order chi connectivity index (χ1) is 6.58. The first kappa shape index (κ1) is 11.5. The molecule has 14 heavy (non-hydrogen) atoms. The van der Waals surface area contributed by atoms with Gasteiger partial charge in [0.05, 0.1) is 0 Å². The van der Waals surface area contributed by atoms with Gasteiger partial charge in [0.2, 0.25) is 0 Å². The van der Waals surface area contributed by atoms with Crippen molar-refractivity contribution in [1.29, 1.82) is 0 Å². The number of rotatable bonds is 4. The molecular weight excluding hydrogens is 188 g/mol. The maximum Gasteiger partial charge on any atom is 0.193 e. The standard InChI is InChI=1S/C12H20OSi/c1-5-13-14(3,4)11(2)12-9-7-6-8-10-12/h6-11H,5H2,1-4H3. The molecule has 1 nitrogen and oxygen atoms in total. The van der Waals surface area contributed by atoms with Crippen LogP contribution in [0.2, 0.25) is 13.1 Å². The SMILES string of the molecule is CCO[Si](C)(C)C(C)c1ccccc1. The lowest BCUT2D eigenvalue weighted by molar-refractivity contribution is 0.322. The van der Waals surface area contributed by atoms with Gasteiger partial charge in [-0.15, -0.1) is 0 Å². The lowest BCUT2D eigenvalue weighted by Gasteiger charge is -2.29. The number of hydrogen-bond acceptors (Lipinski definition) is 1. The molecule has 1 unspecified atom stereocenters. The van der Waals surface area contributed by atoms with Crippen LogP contribution in [0.25, 0.3) is 0 Å². The van der Waals surface area contributed by atoms with E-state index in [0.29, 0.717) is 5.54 Å². The molecule has 78 valence electrons. The van der Waals surface area contributed by atoms with Crippen molar-refractivity contribution >= 4 is 8.32 Å². The smallest absolute Gasteiger partial charge is 0.193 e. The van der Waals surface area contributed by atoms with Crippen LogP contribution >= 0.6 is 0 Å². The van der Waals surface area contributed by atoms with Crippen molar-refractivity contribution in [2.75, 3.05) is 6.61 Å². The van der Waals surface area contributed by atoms with Crippen molar-refractivity contribution < 1.29 is 4.43 Å². The van der Waals surface area contributed by atoms with Gasteiger partial charge in [-0.3, -0.25) is 0 Å². The Balaban J connectivity index is 2.79. The van der Waals surface area contributed by atoms with Crippen LogP contribution in [0.3, 0.4) is 0 Å². The topological polar surface area (TPSA) is 9.23 Å². The molecule has 0 amide bonds. The molecule has 1 aromatic rings. The van der Waals surface area contributed by atoms with Crippen LogP contribution in [-0.2, 0) is 4.43 Å². The molecule has 0 spiro atoms. The predicted octanol–water partition coefficient (Wildman–Crippen LogP) is 3.57. The molecule has 0 radical (unpaired) electrons. The normalized spacial score (nSPS) is 14.0. The van der Waals surface area contributed by atoms with Gasteiger partial charge in [-0.1, -0.05) is 37.3 Å². The number of benzene rings is 1. The minimum Gasteiger partial charge on any atom is -0.417 e. The summed E-state index contributed by atoms with van der Waals surface area (Å²) < 4.78 is 5.88. The van der Waals surface area contributed by atoms with Crippen LogP contribution in [0, 0.1) is 0 Å². The molecular formula is C12H20OSi. The minimum atomic E-state index is -1.55. The highest BCUT2D eigenvalue weighted by Crippen LogP contribution is 2.26. The molecule has 0 saturated heterocycles. The first-order valence-electron chi connectivity index (χ1n) is 5.27. The van der Waals surface area contributed by atoms with Gasteiger partial charge >= 0.3 is 0 Å². The molecule has 1 aromatic carbocycles. The van der Waals surface area contributed by atoms with E-state index < -0.39 is 8.32 Å². The molecule has 0 saturated carbocycles. The summed E-state index contributed by atoms with van der Waals surface area (Å²) in [6.07, 6.45) is 0. The van der Waals surface area contributed by atoms with Gasteiger partial charge < -0.3 is 4.43 Å². The Hall–Kier alpha value is -0.603. The van der Waals surface area contributed by atoms with Gasteiger partial charge in [0.15, 0.2) is 8.32 Å². The van der Waals surface area contributed by atoms with Crippen LogP contribution < -0.4 is 0 Å². The molecule has 1 atom stereocenters. The third kappa shape index (κ3) is 2.69. The zero-order chi connectivity index (χ0) is 10.6. The zero-order valence-corrected chi connectivity index (χ0v) is 10.6. The van der Waals surface area contributed by atoms with Crippen molar-refractivity contribution in [1.82, 2.24) is 0 Å². The van der Waals surface area contributed by atoms with Crippen LogP contribution in [0.15, 0.2) is 30.3 Å². The van der Waals surface area contributed by atoms with Gasteiger partial charge in [-0.05, 0) is 31.1 Å². The molecule has 2 heteroatoms. The lowest BCUT2D eigenvalue weighted by atomic mass is 10.2. The Labute approximate surface area is 88.2 Å². The Morgan fingerprint density at radius 2 is 1.79 bits per heavy atom. The Bertz CT molecular complexity index is 269. The Morgan fingerprint density at radius 3 is 2.29 bits per heavy atom. The largest absolute Gasteiger partial charge is 0.417 e. The molecule has 0 heterocycles. The van der Waals surface area contributed by atoms with E-state index in [-0.39, 0.29) is 0 Å². The third-order valence-corrected chi connectivity index (χ3v) is 6.31. The summed E-state index contributed by atoms with van der Waals surface area (Å²) in [5, 5.41) is 0. The van der Waals surface area contributed by atoms with E-state index in [1.54, 1.807) is 0 Å². The van der Waals surface area contributed by atoms with Crippen LogP contribution in [-0.4, -0.2) is 14.9 Å². The van der Waals surface area contributed by atoms with E-state index in [0.717, 1.165) is 6.61 Å². The fraction of sp³-hybridized carbons (Fsp3) is 0.500. The van der Waals surface area contributed by atoms with Crippen LogP contribution in [0.1, 0.15) is 25.0 Å². The maximum absolute atomic E-state index is 5.88. The quantitative estimate of drug-likeness (QED) is 0.687. The Morgan fingerprint density at radius 1 is 1.21 bits per heavy atom. The third-order valence-electron chi connectivity index (χ3n) is 2.86. The van der Waals surface area contributed by atoms with E-state index >= 15 is 0 Å². The van der Waals surface area contributed by atoms with E-state index in [1.165, 1.54) is 5.56 Å². The van der Waals surface area contributed by atoms with Crippen molar-refractivity contribution in [2.24, 2.45) is 0 Å². The van der Waals surface area contributed by atoms with E-state index in [4.69, 9.17) is 4.43 Å². The fourth-order valence-corrected chi connectivity index (χ4v) is 3.63. The second-order valence-electron chi connectivity index (χ2n) is 4.17. The van der Waals surface area contributed by atoms with Gasteiger partial charge in [0, 0.05) is 6.61 Å². The summed E-state index contributed by atoms with van der Waals surface area (Å²) in [6.45, 7) is 9.75. The highest BCUT2D eigenvalue weighted by molar-refractivity contribution is 6.72. The molecule has 0 aliphatic rings. The average Bonchev–Trinajstić information content (AvgIpc) is 2.18. The highest BCUT2D eigenvalue weighted by atomic mass is 28.4. The van der Waals surface area contributed by atoms with Crippen LogP contribution in [0.5, 0.6) is 0 Å². The Kier molecular flexibility index (Phi) is 3.90. The average molecular weight is 208 g/mol. The van der Waals surface area contributed by atoms with Crippen molar-refractivity contribution in [3.05, 3.63) is 35.9 Å². The van der Waals surface area contributed by atoms with Crippen molar-refractivity contribution in [3.8, 4) is 0 Å². The van der Waals surface area contributed by atoms with Gasteiger partial charge in [-0.25, -0.2) is 0 Å². The monoisotopic (exact) mass is 208 g/mol. The summed E-state index contributed by atoms with van der Waals surface area (Å²) in [5.41, 5.74) is 1.96. The van der Waals surface area contributed by atoms with Crippen molar-refractivity contribution in [2.45, 2.75) is 32.5 Å². The molecule has 1 rings (SSSR count). The summed E-state index contributed by atoms with van der Waals surface area (Å²) >= 11 is 0. The molecule has 0 N–H and O–H groups in total. The zero-order valence-electron chi connectivity index (χ0n) is 9.58. The summed E-state index contributed by atoms with van der Waals surface area (Å²) in [4.78, 5) is 0. The molecule has 0 fully saturated rings. The van der Waals surface area contributed by atoms with Crippen molar-refractivity contribution in [3.63, 3.8) is 0 Å². The van der Waals surface area contributed by atoms with Gasteiger partial charge in [0.1, 0.15) is 0 Å². The fourth-order valence-electron chi connectivity index (χ4n) is 1.64. The summed E-state index contributed by atoms with van der Waals surface area (Å²) in [7, 11) is -1.55. The second-order valence-corrected chi connectivity index (χ2v) is 8.53. The molecule has 0 aromatic heterocycles. The van der Waals surface area contributed by atoms with E-state index in [1.807, 2.05) is 0 Å². The molecule has 0 aliphatic heterocycles. The minimum absolute atomic E-state index is 0.559. The molecule has 0 bridgehead atoms. The highest BCUT2D eigenvalue weighted by Gasteiger charge is 2.30. The molecule has 0 aliphatic carbocycles.